The molecule has 0 radical (unpaired) electrons. The van der Waals surface area contributed by atoms with E-state index in [4.69, 9.17) is 17.3 Å². The van der Waals surface area contributed by atoms with Crippen molar-refractivity contribution < 1.29 is 4.39 Å². The molecule has 0 fully saturated rings. The highest BCUT2D eigenvalue weighted by Crippen LogP contribution is 2.30. The van der Waals surface area contributed by atoms with Gasteiger partial charge >= 0.3 is 0 Å². The van der Waals surface area contributed by atoms with Crippen molar-refractivity contribution in [2.45, 2.75) is 0 Å². The number of rotatable bonds is 1. The number of hydrogen-bond donors (Lipinski definition) is 1. The second-order valence-electron chi connectivity index (χ2n) is 4.16. The minimum absolute atomic E-state index is 0.299. The number of aromatic nitrogens is 2. The lowest BCUT2D eigenvalue weighted by molar-refractivity contribution is 0.622. The fourth-order valence-corrected chi connectivity index (χ4v) is 2.92. The molecule has 0 saturated carbocycles. The summed E-state index contributed by atoms with van der Waals surface area (Å²) >= 11 is 11.3. The minimum atomic E-state index is -0.299. The van der Waals surface area contributed by atoms with Crippen LogP contribution in [-0.4, -0.2) is 9.55 Å². The molecule has 20 heavy (non-hydrogen) atoms. The number of hydrogen-bond acceptors (Lipinski definition) is 2. The van der Waals surface area contributed by atoms with Crippen LogP contribution in [0, 0.1) is 9.39 Å². The Kier molecular flexibility index (Phi) is 3.64. The second-order valence-corrected chi connectivity index (χ2v) is 6.58. The van der Waals surface area contributed by atoms with Crippen molar-refractivity contribution >= 4 is 67.1 Å². The van der Waals surface area contributed by atoms with Crippen LogP contribution in [0.1, 0.15) is 0 Å². The van der Waals surface area contributed by atoms with Gasteiger partial charge in [-0.15, -0.1) is 0 Å². The average Bonchev–Trinajstić information content (AvgIpc) is 2.69. The summed E-state index contributed by atoms with van der Waals surface area (Å²) in [4.78, 5) is 4.26. The van der Waals surface area contributed by atoms with Gasteiger partial charge in [-0.25, -0.2) is 9.37 Å². The number of nitrogens with zero attached hydrogens (tertiary/aromatic N) is 2. The largest absolute Gasteiger partial charge is 0.369 e. The summed E-state index contributed by atoms with van der Waals surface area (Å²) in [5, 5.41) is 0.595. The Morgan fingerprint density at radius 1 is 1.30 bits per heavy atom. The normalized spacial score (nSPS) is 11.2. The fraction of sp³-hybridized carbons (Fsp3) is 0. The molecule has 0 amide bonds. The van der Waals surface area contributed by atoms with Gasteiger partial charge in [-0.3, -0.25) is 4.57 Å². The summed E-state index contributed by atoms with van der Waals surface area (Å²) in [6.07, 6.45) is 0. The van der Waals surface area contributed by atoms with Gasteiger partial charge in [0.05, 0.1) is 25.3 Å². The van der Waals surface area contributed by atoms with Crippen LogP contribution in [0.5, 0.6) is 0 Å². The van der Waals surface area contributed by atoms with Crippen molar-refractivity contribution in [3.05, 3.63) is 49.2 Å². The van der Waals surface area contributed by atoms with Crippen LogP contribution in [0.2, 0.25) is 5.02 Å². The fourth-order valence-electron chi connectivity index (χ4n) is 1.99. The molecule has 3 aromatic rings. The number of nitrogens with two attached hydrogens (primary N) is 1. The van der Waals surface area contributed by atoms with Crippen LogP contribution in [-0.2, 0) is 0 Å². The van der Waals surface area contributed by atoms with Crippen LogP contribution in [0.25, 0.3) is 16.7 Å². The highest BCUT2D eigenvalue weighted by molar-refractivity contribution is 14.1. The molecule has 2 aromatic carbocycles. The molecule has 0 spiro atoms. The van der Waals surface area contributed by atoms with E-state index in [0.717, 1.165) is 10.2 Å². The summed E-state index contributed by atoms with van der Waals surface area (Å²) in [6.45, 7) is 0. The zero-order chi connectivity index (χ0) is 14.4. The first-order valence-electron chi connectivity index (χ1n) is 5.56. The van der Waals surface area contributed by atoms with Crippen LogP contribution in [0.3, 0.4) is 0 Å². The molecule has 2 N–H and O–H groups in total. The molecule has 1 heterocycles. The predicted molar refractivity (Wildman–Crippen MR) is 90.9 cm³/mol. The molecule has 0 atom stereocenters. The van der Waals surface area contributed by atoms with Crippen molar-refractivity contribution in [2.24, 2.45) is 0 Å². The Morgan fingerprint density at radius 3 is 2.75 bits per heavy atom. The Labute approximate surface area is 141 Å². The molecule has 0 aliphatic rings. The number of fused-ring (bicyclic) bond motifs is 1. The zero-order valence-electron chi connectivity index (χ0n) is 9.87. The van der Waals surface area contributed by atoms with Crippen molar-refractivity contribution in [2.75, 3.05) is 5.73 Å². The van der Waals surface area contributed by atoms with Crippen molar-refractivity contribution in [1.82, 2.24) is 9.55 Å². The van der Waals surface area contributed by atoms with E-state index in [9.17, 15) is 4.39 Å². The monoisotopic (exact) mass is 465 g/mol. The molecule has 7 heteroatoms. The van der Waals surface area contributed by atoms with E-state index in [1.54, 1.807) is 22.8 Å². The third-order valence-corrected chi connectivity index (χ3v) is 4.92. The molecule has 0 aliphatic carbocycles. The lowest BCUT2D eigenvalue weighted by atomic mass is 10.2. The molecule has 0 unspecified atom stereocenters. The molecule has 0 saturated heterocycles. The maximum Gasteiger partial charge on any atom is 0.205 e. The van der Waals surface area contributed by atoms with Gasteiger partial charge in [0, 0.05) is 10.5 Å². The SMILES string of the molecule is Nc1nc2cc(I)c(F)cc2n1-c1ccc(Cl)c(Br)c1. The van der Waals surface area contributed by atoms with Gasteiger partial charge in [-0.05, 0) is 62.8 Å². The summed E-state index contributed by atoms with van der Waals surface area (Å²) in [5.74, 6) is 0.00269. The Morgan fingerprint density at radius 2 is 2.05 bits per heavy atom. The van der Waals surface area contributed by atoms with Crippen LogP contribution in [0.15, 0.2) is 34.8 Å². The topological polar surface area (TPSA) is 43.8 Å². The van der Waals surface area contributed by atoms with Crippen molar-refractivity contribution in [3.8, 4) is 5.69 Å². The van der Waals surface area contributed by atoms with E-state index >= 15 is 0 Å². The maximum absolute atomic E-state index is 13.8. The average molecular weight is 466 g/mol. The van der Waals surface area contributed by atoms with Gasteiger partial charge in [-0.2, -0.15) is 0 Å². The molecular weight excluding hydrogens is 459 g/mol. The maximum atomic E-state index is 13.8. The summed E-state index contributed by atoms with van der Waals surface area (Å²) in [6, 6.07) is 8.47. The molecule has 3 nitrogen and oxygen atoms in total. The highest BCUT2D eigenvalue weighted by Gasteiger charge is 2.13. The second kappa shape index (κ2) is 5.16. The quantitative estimate of drug-likeness (QED) is 0.526. The lowest BCUT2D eigenvalue weighted by Crippen LogP contribution is -2.00. The molecule has 0 bridgehead atoms. The van der Waals surface area contributed by atoms with E-state index in [-0.39, 0.29) is 5.82 Å². The zero-order valence-corrected chi connectivity index (χ0v) is 14.4. The highest BCUT2D eigenvalue weighted by atomic mass is 127. The lowest BCUT2D eigenvalue weighted by Gasteiger charge is -2.08. The van der Waals surface area contributed by atoms with Gasteiger partial charge < -0.3 is 5.73 Å². The van der Waals surface area contributed by atoms with Gasteiger partial charge in [0.15, 0.2) is 0 Å². The molecule has 0 aliphatic heterocycles. The standard InChI is InChI=1S/C13H7BrClFIN3/c14-7-3-6(1-2-8(7)15)20-12-4-9(16)10(17)5-11(12)19-13(20)18/h1-5H,(H2,18,19). The molecule has 1 aromatic heterocycles. The first-order chi connectivity index (χ1) is 9.47. The van der Waals surface area contributed by atoms with E-state index < -0.39 is 0 Å². The van der Waals surface area contributed by atoms with E-state index in [0.29, 0.717) is 25.6 Å². The van der Waals surface area contributed by atoms with E-state index in [1.165, 1.54) is 6.07 Å². The number of benzene rings is 2. The number of imidazole rings is 1. The predicted octanol–water partition coefficient (Wildman–Crippen LogP) is 4.77. The summed E-state index contributed by atoms with van der Waals surface area (Å²) in [5.41, 5.74) is 7.99. The van der Waals surface area contributed by atoms with Crippen LogP contribution in [0.4, 0.5) is 10.3 Å². The van der Waals surface area contributed by atoms with E-state index in [2.05, 4.69) is 20.9 Å². The third kappa shape index (κ3) is 2.29. The summed E-state index contributed by atoms with van der Waals surface area (Å²) in [7, 11) is 0. The molecule has 3 rings (SSSR count). The van der Waals surface area contributed by atoms with Gasteiger partial charge in [-0.1, -0.05) is 11.6 Å². The molecular formula is C13H7BrClFIN3. The number of anilines is 1. The van der Waals surface area contributed by atoms with Crippen molar-refractivity contribution in [3.63, 3.8) is 0 Å². The third-order valence-electron chi connectivity index (χ3n) is 2.88. The van der Waals surface area contributed by atoms with E-state index in [1.807, 2.05) is 28.7 Å². The first-order valence-corrected chi connectivity index (χ1v) is 7.81. The smallest absolute Gasteiger partial charge is 0.205 e. The molecule has 102 valence electrons. The Hall–Kier alpha value is -0.860. The van der Waals surface area contributed by atoms with Crippen LogP contribution < -0.4 is 5.73 Å². The van der Waals surface area contributed by atoms with Gasteiger partial charge in [0.1, 0.15) is 5.82 Å². The van der Waals surface area contributed by atoms with Gasteiger partial charge in [0.25, 0.3) is 0 Å². The van der Waals surface area contributed by atoms with Gasteiger partial charge in [0.2, 0.25) is 5.95 Å². The number of halogens is 4. The summed E-state index contributed by atoms with van der Waals surface area (Å²) < 4.78 is 16.7. The number of nitrogen functional groups attached to an aromatic ring is 1. The van der Waals surface area contributed by atoms with Crippen LogP contribution >= 0.6 is 50.1 Å². The minimum Gasteiger partial charge on any atom is -0.369 e. The Bertz CT molecular complexity index is 834. The van der Waals surface area contributed by atoms with Crippen molar-refractivity contribution in [1.29, 1.82) is 0 Å². The Balaban J connectivity index is 2.32. The first kappa shape index (κ1) is 14.1.